The van der Waals surface area contributed by atoms with Gasteiger partial charge >= 0.3 is 6.03 Å². The predicted octanol–water partition coefficient (Wildman–Crippen LogP) is 3.61. The van der Waals surface area contributed by atoms with Crippen molar-refractivity contribution in [3.8, 4) is 11.3 Å². The number of nitrogens with one attached hydrogen (secondary N) is 2. The Morgan fingerprint density at radius 2 is 2.07 bits per heavy atom. The summed E-state index contributed by atoms with van der Waals surface area (Å²) < 4.78 is 1.98. The number of benzene rings is 1. The number of likely N-dealkylation sites (tertiary alicyclic amines) is 1. The Labute approximate surface area is 158 Å². The van der Waals surface area contributed by atoms with Gasteiger partial charge in [-0.05, 0) is 49.4 Å². The number of carbonyl (C=O) groups excluding carboxylic acids is 1. The molecular formula is C20H24N6O. The van der Waals surface area contributed by atoms with Crippen molar-refractivity contribution in [1.82, 2.24) is 24.9 Å². The maximum absolute atomic E-state index is 12.6. The van der Waals surface area contributed by atoms with Crippen LogP contribution in [0.4, 0.5) is 10.5 Å². The lowest BCUT2D eigenvalue weighted by atomic mass is 9.94. The van der Waals surface area contributed by atoms with Gasteiger partial charge in [-0.15, -0.1) is 0 Å². The highest BCUT2D eigenvalue weighted by Gasteiger charge is 2.22. The van der Waals surface area contributed by atoms with E-state index in [1.54, 1.807) is 6.20 Å². The van der Waals surface area contributed by atoms with Gasteiger partial charge in [-0.25, -0.2) is 4.79 Å². The van der Waals surface area contributed by atoms with E-state index in [1.807, 2.05) is 58.4 Å². The number of piperidine rings is 1. The molecule has 1 saturated heterocycles. The van der Waals surface area contributed by atoms with Crippen LogP contribution in [0.25, 0.3) is 11.3 Å². The van der Waals surface area contributed by atoms with Crippen LogP contribution >= 0.6 is 0 Å². The van der Waals surface area contributed by atoms with E-state index in [1.165, 1.54) is 0 Å². The Morgan fingerprint density at radius 1 is 1.19 bits per heavy atom. The highest BCUT2D eigenvalue weighted by molar-refractivity contribution is 5.90. The van der Waals surface area contributed by atoms with E-state index in [-0.39, 0.29) is 6.03 Å². The number of rotatable bonds is 5. The van der Waals surface area contributed by atoms with Gasteiger partial charge in [0.1, 0.15) is 0 Å². The maximum Gasteiger partial charge on any atom is 0.321 e. The van der Waals surface area contributed by atoms with E-state index < -0.39 is 0 Å². The average molecular weight is 364 g/mol. The van der Waals surface area contributed by atoms with Crippen molar-refractivity contribution in [2.45, 2.75) is 25.8 Å². The first-order chi connectivity index (χ1) is 13.3. The number of anilines is 1. The highest BCUT2D eigenvalue weighted by atomic mass is 16.2. The fraction of sp³-hybridized carbons (Fsp3) is 0.350. The van der Waals surface area contributed by atoms with Crippen molar-refractivity contribution in [3.05, 3.63) is 55.0 Å². The van der Waals surface area contributed by atoms with Crippen molar-refractivity contribution in [2.24, 2.45) is 5.92 Å². The molecular weight excluding hydrogens is 340 g/mol. The summed E-state index contributed by atoms with van der Waals surface area (Å²) in [5.41, 5.74) is 2.74. The molecule has 140 valence electrons. The molecule has 4 rings (SSSR count). The molecule has 2 N–H and O–H groups in total. The van der Waals surface area contributed by atoms with Crippen LogP contribution < -0.4 is 5.32 Å². The molecule has 3 aromatic rings. The fourth-order valence-electron chi connectivity index (χ4n) is 3.56. The molecule has 0 unspecified atom stereocenters. The molecule has 27 heavy (non-hydrogen) atoms. The Balaban J connectivity index is 1.28. The average Bonchev–Trinajstić information content (AvgIpc) is 3.41. The Morgan fingerprint density at radius 3 is 2.81 bits per heavy atom. The van der Waals surface area contributed by atoms with Gasteiger partial charge in [0.05, 0.1) is 5.69 Å². The van der Waals surface area contributed by atoms with Gasteiger partial charge in [0.2, 0.25) is 0 Å². The summed E-state index contributed by atoms with van der Waals surface area (Å²) in [6.45, 7) is 2.55. The maximum atomic E-state index is 12.6. The number of hydrogen-bond donors (Lipinski definition) is 2. The third kappa shape index (κ3) is 4.36. The number of aromatic nitrogens is 4. The number of aromatic amines is 1. The zero-order valence-electron chi connectivity index (χ0n) is 15.2. The molecule has 7 nitrogen and oxygen atoms in total. The van der Waals surface area contributed by atoms with Crippen LogP contribution in [0.1, 0.15) is 19.3 Å². The molecule has 2 aromatic heterocycles. The Kier molecular flexibility index (Phi) is 5.18. The largest absolute Gasteiger partial charge is 0.325 e. The second kappa shape index (κ2) is 8.07. The van der Waals surface area contributed by atoms with Crippen molar-refractivity contribution in [1.29, 1.82) is 0 Å². The third-order valence-corrected chi connectivity index (χ3v) is 5.15. The number of nitrogens with zero attached hydrogens (tertiary/aromatic N) is 4. The van der Waals surface area contributed by atoms with Crippen LogP contribution in [0.15, 0.2) is 55.0 Å². The summed E-state index contributed by atoms with van der Waals surface area (Å²) in [6.07, 6.45) is 8.74. The third-order valence-electron chi connectivity index (χ3n) is 5.15. The van der Waals surface area contributed by atoms with Crippen LogP contribution in [0.2, 0.25) is 0 Å². The second-order valence-corrected chi connectivity index (χ2v) is 6.97. The number of aryl methyl sites for hydroxylation is 1. The number of amides is 2. The molecule has 0 radical (unpaired) electrons. The van der Waals surface area contributed by atoms with Crippen molar-refractivity contribution in [2.75, 3.05) is 18.4 Å². The molecule has 0 atom stereocenters. The van der Waals surface area contributed by atoms with E-state index in [9.17, 15) is 4.79 Å². The topological polar surface area (TPSA) is 78.8 Å². The van der Waals surface area contributed by atoms with Gasteiger partial charge < -0.3 is 10.2 Å². The fourth-order valence-corrected chi connectivity index (χ4v) is 3.56. The number of carbonyl (C=O) groups is 1. The Bertz CT molecular complexity index is 851. The smallest absolute Gasteiger partial charge is 0.321 e. The highest BCUT2D eigenvalue weighted by Crippen LogP contribution is 2.23. The quantitative estimate of drug-likeness (QED) is 0.726. The molecule has 3 heterocycles. The van der Waals surface area contributed by atoms with E-state index in [2.05, 4.69) is 20.6 Å². The lowest BCUT2D eigenvalue weighted by molar-refractivity contribution is 0.177. The van der Waals surface area contributed by atoms with Crippen molar-refractivity contribution >= 4 is 11.7 Å². The van der Waals surface area contributed by atoms with Crippen LogP contribution in [-0.2, 0) is 6.54 Å². The first kappa shape index (κ1) is 17.3. The molecule has 0 bridgehead atoms. The molecule has 0 spiro atoms. The van der Waals surface area contributed by atoms with Crippen LogP contribution in [-0.4, -0.2) is 44.0 Å². The van der Waals surface area contributed by atoms with E-state index in [0.29, 0.717) is 5.92 Å². The van der Waals surface area contributed by atoms with Gasteiger partial charge in [0.15, 0.2) is 0 Å². The normalized spacial score (nSPS) is 15.0. The molecule has 1 aromatic carbocycles. The lowest BCUT2D eigenvalue weighted by Crippen LogP contribution is -2.41. The monoisotopic (exact) mass is 364 g/mol. The first-order valence-corrected chi connectivity index (χ1v) is 9.41. The molecule has 1 aliphatic rings. The number of H-pyrrole nitrogens is 1. The minimum atomic E-state index is -0.0257. The standard InChI is InChI=1S/C20H24N6O/c27-20(23-18-4-1-3-17(15-18)19-5-10-21-24-19)25-12-6-16(7-13-25)8-14-26-11-2-9-22-26/h1-5,9-11,15-16H,6-8,12-14H2,(H,21,24)(H,23,27). The van der Waals surface area contributed by atoms with Crippen molar-refractivity contribution in [3.63, 3.8) is 0 Å². The summed E-state index contributed by atoms with van der Waals surface area (Å²) >= 11 is 0. The summed E-state index contributed by atoms with van der Waals surface area (Å²) in [6, 6.07) is 11.6. The summed E-state index contributed by atoms with van der Waals surface area (Å²) in [5, 5.41) is 14.2. The van der Waals surface area contributed by atoms with E-state index in [0.717, 1.165) is 55.8 Å². The first-order valence-electron chi connectivity index (χ1n) is 9.41. The zero-order valence-corrected chi connectivity index (χ0v) is 15.2. The van der Waals surface area contributed by atoms with Gasteiger partial charge in [-0.2, -0.15) is 10.2 Å². The van der Waals surface area contributed by atoms with Crippen LogP contribution in [0, 0.1) is 5.92 Å². The molecule has 1 aliphatic heterocycles. The van der Waals surface area contributed by atoms with Gasteiger partial charge in [-0.1, -0.05) is 12.1 Å². The lowest BCUT2D eigenvalue weighted by Gasteiger charge is -2.32. The molecule has 0 saturated carbocycles. The number of hydrogen-bond acceptors (Lipinski definition) is 3. The van der Waals surface area contributed by atoms with E-state index >= 15 is 0 Å². The van der Waals surface area contributed by atoms with Crippen molar-refractivity contribution < 1.29 is 4.79 Å². The van der Waals surface area contributed by atoms with Crippen LogP contribution in [0.3, 0.4) is 0 Å². The zero-order chi connectivity index (χ0) is 18.5. The van der Waals surface area contributed by atoms with Gasteiger partial charge in [0, 0.05) is 49.5 Å². The minimum Gasteiger partial charge on any atom is -0.325 e. The van der Waals surface area contributed by atoms with Gasteiger partial charge in [-0.3, -0.25) is 9.78 Å². The molecule has 1 fully saturated rings. The summed E-state index contributed by atoms with van der Waals surface area (Å²) in [7, 11) is 0. The molecule has 7 heteroatoms. The molecule has 0 aliphatic carbocycles. The summed E-state index contributed by atoms with van der Waals surface area (Å²) in [4.78, 5) is 14.5. The van der Waals surface area contributed by atoms with E-state index in [4.69, 9.17) is 0 Å². The molecule has 2 amide bonds. The minimum absolute atomic E-state index is 0.0257. The van der Waals surface area contributed by atoms with Gasteiger partial charge in [0.25, 0.3) is 0 Å². The van der Waals surface area contributed by atoms with Crippen LogP contribution in [0.5, 0.6) is 0 Å². The SMILES string of the molecule is O=C(Nc1cccc(-c2ccn[nH]2)c1)N1CCC(CCn2cccn2)CC1. The summed E-state index contributed by atoms with van der Waals surface area (Å²) in [5.74, 6) is 0.655. The Hall–Kier alpha value is -3.09. The predicted molar refractivity (Wildman–Crippen MR) is 104 cm³/mol. The second-order valence-electron chi connectivity index (χ2n) is 6.97. The number of urea groups is 1.